The molecule has 0 saturated carbocycles. The average Bonchev–Trinajstić information content (AvgIpc) is 2.78. The van der Waals surface area contributed by atoms with Crippen LogP contribution in [-0.2, 0) is 11.2 Å². The second kappa shape index (κ2) is 9.78. The van der Waals surface area contributed by atoms with Gasteiger partial charge in [-0.1, -0.05) is 30.3 Å². The topological polar surface area (TPSA) is 32.7 Å². The van der Waals surface area contributed by atoms with Gasteiger partial charge in [-0.05, 0) is 73.2 Å². The fourth-order valence-electron chi connectivity index (χ4n) is 4.84. The molecular formula is C26H26F5NO2. The second-order valence-electron chi connectivity index (χ2n) is 8.76. The van der Waals surface area contributed by atoms with E-state index in [1.54, 1.807) is 19.1 Å². The number of halogens is 5. The number of benzene rings is 2. The zero-order valence-electron chi connectivity index (χ0n) is 18.6. The number of anilines is 1. The summed E-state index contributed by atoms with van der Waals surface area (Å²) in [6.07, 6.45) is -2.98. The largest absolute Gasteiger partial charge is 0.461 e. The molecular weight excluding hydrogens is 453 g/mol. The highest BCUT2D eigenvalue weighted by Gasteiger charge is 2.44. The number of hydrogen-bond acceptors (Lipinski definition) is 3. The van der Waals surface area contributed by atoms with Gasteiger partial charge in [-0.15, -0.1) is 0 Å². The molecule has 0 spiro atoms. The molecule has 2 aromatic carbocycles. The summed E-state index contributed by atoms with van der Waals surface area (Å²) < 4.78 is 70.3. The van der Waals surface area contributed by atoms with Crippen molar-refractivity contribution >= 4 is 5.69 Å². The number of fused-ring (bicyclic) bond motifs is 1. The van der Waals surface area contributed by atoms with Crippen LogP contribution in [0.1, 0.15) is 25.3 Å². The first-order valence-electron chi connectivity index (χ1n) is 11.2. The highest BCUT2D eigenvalue weighted by atomic mass is 19.3. The monoisotopic (exact) mass is 479 g/mol. The number of rotatable bonds is 7. The Balaban J connectivity index is 1.68. The second-order valence-corrected chi connectivity index (χ2v) is 8.76. The molecule has 34 heavy (non-hydrogen) atoms. The van der Waals surface area contributed by atoms with Gasteiger partial charge in [0.25, 0.3) is 0 Å². The van der Waals surface area contributed by atoms with Crippen molar-refractivity contribution in [3.05, 3.63) is 77.8 Å². The molecule has 182 valence electrons. The number of alkyl halides is 4. The lowest BCUT2D eigenvalue weighted by atomic mass is 9.81. The minimum absolute atomic E-state index is 0.173. The van der Waals surface area contributed by atoms with E-state index in [4.69, 9.17) is 0 Å². The minimum atomic E-state index is -4.57. The molecule has 0 amide bonds. The lowest BCUT2D eigenvalue weighted by molar-refractivity contribution is -0.280. The van der Waals surface area contributed by atoms with Crippen molar-refractivity contribution in [1.82, 2.24) is 0 Å². The maximum atomic E-state index is 13.9. The predicted octanol–water partition coefficient (Wildman–Crippen LogP) is 6.33. The number of aliphatic hydroxyl groups excluding tert-OH is 1. The van der Waals surface area contributed by atoms with Crippen LogP contribution < -0.4 is 4.90 Å². The van der Waals surface area contributed by atoms with Crippen LogP contribution in [-0.4, -0.2) is 36.3 Å². The molecule has 1 heterocycles. The number of aliphatic hydroxyl groups is 1. The Bertz CT molecular complexity index is 1080. The SMILES string of the molecule is C[C@@H](O)CN1c2cccc(-c3cccc(F)c3)c2CC[C@@H]1C1C=C(OC(F)(F)C(F)F)C=CC1. The van der Waals surface area contributed by atoms with Gasteiger partial charge in [0.15, 0.2) is 0 Å². The van der Waals surface area contributed by atoms with E-state index in [1.165, 1.54) is 24.3 Å². The Morgan fingerprint density at radius 1 is 1.18 bits per heavy atom. The first-order valence-corrected chi connectivity index (χ1v) is 11.2. The maximum Gasteiger partial charge on any atom is 0.461 e. The van der Waals surface area contributed by atoms with Crippen LogP contribution in [0.5, 0.6) is 0 Å². The normalized spacial score (nSPS) is 21.3. The zero-order chi connectivity index (χ0) is 24.5. The van der Waals surface area contributed by atoms with Crippen LogP contribution >= 0.6 is 0 Å². The van der Waals surface area contributed by atoms with Crippen molar-refractivity contribution in [2.45, 2.75) is 50.9 Å². The number of allylic oxidation sites excluding steroid dienone is 2. The first-order chi connectivity index (χ1) is 16.2. The molecule has 1 aliphatic carbocycles. The Morgan fingerprint density at radius 2 is 1.94 bits per heavy atom. The Labute approximate surface area is 195 Å². The smallest absolute Gasteiger partial charge is 0.429 e. The van der Waals surface area contributed by atoms with E-state index in [2.05, 4.69) is 4.74 Å². The van der Waals surface area contributed by atoms with Crippen LogP contribution in [0.4, 0.5) is 27.6 Å². The number of hydrogen-bond donors (Lipinski definition) is 1. The van der Waals surface area contributed by atoms with Gasteiger partial charge in [-0.2, -0.15) is 17.6 Å². The van der Waals surface area contributed by atoms with Crippen molar-refractivity contribution in [1.29, 1.82) is 0 Å². The number of β-amino-alcohol motifs (C(OH)–C–C–N with tert-alkyl or cyclic N) is 1. The predicted molar refractivity (Wildman–Crippen MR) is 120 cm³/mol. The highest BCUT2D eigenvalue weighted by Crippen LogP contribution is 2.41. The molecule has 3 nitrogen and oxygen atoms in total. The van der Waals surface area contributed by atoms with Crippen molar-refractivity contribution < 1.29 is 31.8 Å². The van der Waals surface area contributed by atoms with Gasteiger partial charge in [0.1, 0.15) is 11.6 Å². The van der Waals surface area contributed by atoms with Gasteiger partial charge in [0.2, 0.25) is 0 Å². The van der Waals surface area contributed by atoms with Crippen molar-refractivity contribution in [2.24, 2.45) is 5.92 Å². The number of ether oxygens (including phenoxy) is 1. The van der Waals surface area contributed by atoms with E-state index >= 15 is 0 Å². The Kier molecular flexibility index (Phi) is 6.98. The molecule has 2 aromatic rings. The lowest BCUT2D eigenvalue weighted by Crippen LogP contribution is -2.47. The van der Waals surface area contributed by atoms with E-state index in [-0.39, 0.29) is 23.5 Å². The van der Waals surface area contributed by atoms with Gasteiger partial charge in [-0.25, -0.2) is 4.39 Å². The molecule has 0 fully saturated rings. The van der Waals surface area contributed by atoms with E-state index in [0.717, 1.165) is 22.4 Å². The lowest BCUT2D eigenvalue weighted by Gasteiger charge is -2.44. The van der Waals surface area contributed by atoms with Gasteiger partial charge < -0.3 is 14.7 Å². The van der Waals surface area contributed by atoms with E-state index in [1.807, 2.05) is 29.2 Å². The summed E-state index contributed by atoms with van der Waals surface area (Å²) in [5.41, 5.74) is 3.53. The molecule has 1 aliphatic heterocycles. The van der Waals surface area contributed by atoms with Crippen LogP contribution in [0.25, 0.3) is 11.1 Å². The van der Waals surface area contributed by atoms with Crippen molar-refractivity contribution in [3.8, 4) is 11.1 Å². The summed E-state index contributed by atoms with van der Waals surface area (Å²) in [4.78, 5) is 2.04. The van der Waals surface area contributed by atoms with Gasteiger partial charge in [0.05, 0.1) is 6.10 Å². The summed E-state index contributed by atoms with van der Waals surface area (Å²) in [6, 6.07) is 11.9. The van der Waals surface area contributed by atoms with Gasteiger partial charge >= 0.3 is 12.5 Å². The average molecular weight is 479 g/mol. The summed E-state index contributed by atoms with van der Waals surface area (Å²) >= 11 is 0. The molecule has 4 rings (SSSR count). The van der Waals surface area contributed by atoms with E-state index in [0.29, 0.717) is 25.8 Å². The fraction of sp³-hybridized carbons (Fsp3) is 0.385. The third-order valence-corrected chi connectivity index (χ3v) is 6.22. The van der Waals surface area contributed by atoms with Crippen LogP contribution in [0.3, 0.4) is 0 Å². The fourth-order valence-corrected chi connectivity index (χ4v) is 4.84. The quantitative estimate of drug-likeness (QED) is 0.471. The third kappa shape index (κ3) is 5.12. The van der Waals surface area contributed by atoms with Gasteiger partial charge in [-0.3, -0.25) is 0 Å². The zero-order valence-corrected chi connectivity index (χ0v) is 18.6. The molecule has 0 bridgehead atoms. The number of nitrogens with zero attached hydrogens (tertiary/aromatic N) is 1. The summed E-state index contributed by atoms with van der Waals surface area (Å²) in [7, 11) is 0. The molecule has 1 N–H and O–H groups in total. The summed E-state index contributed by atoms with van der Waals surface area (Å²) in [6.45, 7) is 1.96. The van der Waals surface area contributed by atoms with Crippen LogP contribution in [0.2, 0.25) is 0 Å². The van der Waals surface area contributed by atoms with Crippen molar-refractivity contribution in [2.75, 3.05) is 11.4 Å². The van der Waals surface area contributed by atoms with Gasteiger partial charge in [0, 0.05) is 24.2 Å². The third-order valence-electron chi connectivity index (χ3n) is 6.22. The summed E-state index contributed by atoms with van der Waals surface area (Å²) in [5.74, 6) is -0.909. The Hall–Kier alpha value is -2.87. The van der Waals surface area contributed by atoms with Crippen LogP contribution in [0.15, 0.2) is 66.5 Å². The van der Waals surface area contributed by atoms with E-state index in [9.17, 15) is 27.1 Å². The van der Waals surface area contributed by atoms with E-state index < -0.39 is 18.6 Å². The molecule has 8 heteroatoms. The molecule has 1 unspecified atom stereocenters. The standard InChI is InChI=1S/C26H26F5NO2/c1-16(33)15-32-23(18-6-3-8-20(14-18)34-26(30,31)25(28)29)12-11-22-21(9-4-10-24(22)32)17-5-2-7-19(27)13-17/h2-5,7-10,13-14,16,18,23,25,33H,6,11-12,15H2,1H3/t16-,18?,23-/m1/s1. The van der Waals surface area contributed by atoms with Crippen LogP contribution in [0, 0.1) is 11.7 Å². The highest BCUT2D eigenvalue weighted by molar-refractivity contribution is 5.75. The summed E-state index contributed by atoms with van der Waals surface area (Å²) in [5, 5.41) is 10.2. The molecule has 2 aliphatic rings. The molecule has 3 atom stereocenters. The first kappa shape index (κ1) is 24.3. The minimum Gasteiger partial charge on any atom is -0.429 e. The molecule has 0 radical (unpaired) electrons. The molecule has 0 aromatic heterocycles. The Morgan fingerprint density at radius 3 is 2.65 bits per heavy atom. The maximum absolute atomic E-state index is 13.9. The molecule has 0 saturated heterocycles. The van der Waals surface area contributed by atoms with Crippen molar-refractivity contribution in [3.63, 3.8) is 0 Å².